The van der Waals surface area contributed by atoms with E-state index in [1.165, 1.54) is 11.6 Å². The van der Waals surface area contributed by atoms with Gasteiger partial charge in [0.25, 0.3) is 5.69 Å². The standard InChI is InChI=1S/C19H23N3O3/c1-3-14(2)15-8-10-16(11-9-15)21-19(23)12-13-20-17-6-4-5-7-18(17)22(24)25/h4-11,14,20H,3,12-13H2,1-2H3,(H,21,23). The Morgan fingerprint density at radius 3 is 2.48 bits per heavy atom. The lowest BCUT2D eigenvalue weighted by Gasteiger charge is -2.11. The van der Waals surface area contributed by atoms with E-state index in [-0.39, 0.29) is 18.0 Å². The van der Waals surface area contributed by atoms with Gasteiger partial charge in [-0.05, 0) is 36.1 Å². The summed E-state index contributed by atoms with van der Waals surface area (Å²) in [5.41, 5.74) is 2.42. The molecule has 25 heavy (non-hydrogen) atoms. The van der Waals surface area contributed by atoms with Gasteiger partial charge in [-0.1, -0.05) is 38.1 Å². The number of hydrogen-bond acceptors (Lipinski definition) is 4. The van der Waals surface area contributed by atoms with Crippen LogP contribution in [0, 0.1) is 10.1 Å². The molecule has 1 amide bonds. The molecule has 0 aliphatic heterocycles. The van der Waals surface area contributed by atoms with Crippen LogP contribution in [0.25, 0.3) is 0 Å². The van der Waals surface area contributed by atoms with Gasteiger partial charge in [0, 0.05) is 24.7 Å². The molecule has 6 nitrogen and oxygen atoms in total. The third-order valence-electron chi connectivity index (χ3n) is 4.14. The highest BCUT2D eigenvalue weighted by Crippen LogP contribution is 2.23. The maximum Gasteiger partial charge on any atom is 0.292 e. The van der Waals surface area contributed by atoms with Crippen molar-refractivity contribution in [3.05, 3.63) is 64.2 Å². The Kier molecular flexibility index (Phi) is 6.51. The summed E-state index contributed by atoms with van der Waals surface area (Å²) in [6.45, 7) is 4.63. The van der Waals surface area contributed by atoms with E-state index in [9.17, 15) is 14.9 Å². The first kappa shape index (κ1) is 18.4. The number of carbonyl (C=O) groups excluding carboxylic acids is 1. The van der Waals surface area contributed by atoms with Crippen molar-refractivity contribution >= 4 is 23.0 Å². The summed E-state index contributed by atoms with van der Waals surface area (Å²) in [4.78, 5) is 22.5. The molecule has 0 fully saturated rings. The molecule has 132 valence electrons. The van der Waals surface area contributed by atoms with E-state index in [0.29, 0.717) is 18.2 Å². The molecular weight excluding hydrogens is 318 g/mol. The van der Waals surface area contributed by atoms with Gasteiger partial charge in [-0.3, -0.25) is 14.9 Å². The molecule has 2 N–H and O–H groups in total. The summed E-state index contributed by atoms with van der Waals surface area (Å²) in [6, 6.07) is 14.2. The molecule has 0 radical (unpaired) electrons. The van der Waals surface area contributed by atoms with E-state index >= 15 is 0 Å². The zero-order valence-corrected chi connectivity index (χ0v) is 14.5. The number of amides is 1. The van der Waals surface area contributed by atoms with Gasteiger partial charge < -0.3 is 10.6 Å². The van der Waals surface area contributed by atoms with Gasteiger partial charge in [0.1, 0.15) is 5.69 Å². The van der Waals surface area contributed by atoms with Crippen molar-refractivity contribution in [2.75, 3.05) is 17.2 Å². The van der Waals surface area contributed by atoms with E-state index in [4.69, 9.17) is 0 Å². The maximum atomic E-state index is 12.0. The molecule has 0 heterocycles. The highest BCUT2D eigenvalue weighted by Gasteiger charge is 2.12. The van der Waals surface area contributed by atoms with Crippen molar-refractivity contribution in [1.29, 1.82) is 0 Å². The van der Waals surface area contributed by atoms with E-state index in [1.54, 1.807) is 18.2 Å². The lowest BCUT2D eigenvalue weighted by Crippen LogP contribution is -2.16. The molecule has 0 saturated carbocycles. The van der Waals surface area contributed by atoms with Crippen LogP contribution < -0.4 is 10.6 Å². The smallest absolute Gasteiger partial charge is 0.292 e. The zero-order chi connectivity index (χ0) is 18.2. The molecule has 0 spiro atoms. The Bertz CT molecular complexity index is 729. The lowest BCUT2D eigenvalue weighted by atomic mass is 9.99. The number of nitro benzene ring substituents is 1. The quantitative estimate of drug-likeness (QED) is 0.545. The Labute approximate surface area is 147 Å². The van der Waals surface area contributed by atoms with Gasteiger partial charge in [0.2, 0.25) is 5.91 Å². The molecule has 0 aromatic heterocycles. The first-order chi connectivity index (χ1) is 12.0. The minimum atomic E-state index is -0.443. The van der Waals surface area contributed by atoms with Crippen LogP contribution in [0.15, 0.2) is 48.5 Å². The second-order valence-corrected chi connectivity index (χ2v) is 5.93. The largest absolute Gasteiger partial charge is 0.379 e. The van der Waals surface area contributed by atoms with E-state index in [2.05, 4.69) is 24.5 Å². The molecule has 2 rings (SSSR count). The van der Waals surface area contributed by atoms with Crippen molar-refractivity contribution in [3.63, 3.8) is 0 Å². The number of nitrogens with zero attached hydrogens (tertiary/aromatic N) is 1. The zero-order valence-electron chi connectivity index (χ0n) is 14.5. The molecule has 6 heteroatoms. The summed E-state index contributed by atoms with van der Waals surface area (Å²) in [7, 11) is 0. The Hall–Kier alpha value is -2.89. The third-order valence-corrected chi connectivity index (χ3v) is 4.14. The fourth-order valence-electron chi connectivity index (χ4n) is 2.45. The Morgan fingerprint density at radius 2 is 1.84 bits per heavy atom. The van der Waals surface area contributed by atoms with Crippen LogP contribution in [0.3, 0.4) is 0 Å². The number of hydrogen-bond donors (Lipinski definition) is 2. The second kappa shape index (κ2) is 8.82. The number of carbonyl (C=O) groups is 1. The molecule has 0 bridgehead atoms. The van der Waals surface area contributed by atoms with Crippen LogP contribution in [0.4, 0.5) is 17.1 Å². The van der Waals surface area contributed by atoms with Crippen molar-refractivity contribution in [2.45, 2.75) is 32.6 Å². The number of para-hydroxylation sites is 2. The molecule has 0 aliphatic carbocycles. The summed E-state index contributed by atoms with van der Waals surface area (Å²) >= 11 is 0. The number of benzene rings is 2. The molecule has 0 saturated heterocycles. The molecular formula is C19H23N3O3. The fraction of sp³-hybridized carbons (Fsp3) is 0.316. The van der Waals surface area contributed by atoms with Gasteiger partial charge in [-0.2, -0.15) is 0 Å². The fourth-order valence-corrected chi connectivity index (χ4v) is 2.45. The average molecular weight is 341 g/mol. The second-order valence-electron chi connectivity index (χ2n) is 5.93. The molecule has 1 unspecified atom stereocenters. The van der Waals surface area contributed by atoms with Crippen LogP contribution in [0.2, 0.25) is 0 Å². The third kappa shape index (κ3) is 5.31. The van der Waals surface area contributed by atoms with Gasteiger partial charge >= 0.3 is 0 Å². The number of nitrogens with one attached hydrogen (secondary N) is 2. The summed E-state index contributed by atoms with van der Waals surface area (Å²) < 4.78 is 0. The molecule has 1 atom stereocenters. The minimum absolute atomic E-state index is 0.00328. The average Bonchev–Trinajstić information content (AvgIpc) is 2.62. The topological polar surface area (TPSA) is 84.3 Å². The first-order valence-corrected chi connectivity index (χ1v) is 8.38. The van der Waals surface area contributed by atoms with Crippen LogP contribution >= 0.6 is 0 Å². The summed E-state index contributed by atoms with van der Waals surface area (Å²) in [5.74, 6) is 0.359. The van der Waals surface area contributed by atoms with E-state index in [1.807, 2.05) is 24.3 Å². The molecule has 2 aromatic carbocycles. The minimum Gasteiger partial charge on any atom is -0.379 e. The number of nitro groups is 1. The maximum absolute atomic E-state index is 12.0. The summed E-state index contributed by atoms with van der Waals surface area (Å²) in [6.07, 6.45) is 1.29. The molecule has 0 aliphatic rings. The monoisotopic (exact) mass is 341 g/mol. The Morgan fingerprint density at radius 1 is 1.16 bits per heavy atom. The summed E-state index contributed by atoms with van der Waals surface area (Å²) in [5, 5.41) is 16.7. The van der Waals surface area contributed by atoms with E-state index < -0.39 is 4.92 Å². The predicted molar refractivity (Wildman–Crippen MR) is 100.0 cm³/mol. The van der Waals surface area contributed by atoms with Crippen LogP contribution in [-0.4, -0.2) is 17.4 Å². The van der Waals surface area contributed by atoms with Gasteiger partial charge in [-0.25, -0.2) is 0 Å². The van der Waals surface area contributed by atoms with E-state index in [0.717, 1.165) is 12.1 Å². The predicted octanol–water partition coefficient (Wildman–Crippen LogP) is 4.55. The first-order valence-electron chi connectivity index (χ1n) is 8.38. The van der Waals surface area contributed by atoms with Crippen molar-refractivity contribution < 1.29 is 9.72 Å². The van der Waals surface area contributed by atoms with Crippen LogP contribution in [-0.2, 0) is 4.79 Å². The number of rotatable bonds is 8. The van der Waals surface area contributed by atoms with Crippen LogP contribution in [0.1, 0.15) is 38.2 Å². The highest BCUT2D eigenvalue weighted by molar-refractivity contribution is 5.91. The molecule has 2 aromatic rings. The van der Waals surface area contributed by atoms with Gasteiger partial charge in [0.15, 0.2) is 0 Å². The van der Waals surface area contributed by atoms with Gasteiger partial charge in [-0.15, -0.1) is 0 Å². The lowest BCUT2D eigenvalue weighted by molar-refractivity contribution is -0.384. The van der Waals surface area contributed by atoms with Crippen LogP contribution in [0.5, 0.6) is 0 Å². The van der Waals surface area contributed by atoms with Crippen molar-refractivity contribution in [1.82, 2.24) is 0 Å². The Balaban J connectivity index is 1.84. The van der Waals surface area contributed by atoms with Crippen molar-refractivity contribution in [3.8, 4) is 0 Å². The normalized spacial score (nSPS) is 11.6. The highest BCUT2D eigenvalue weighted by atomic mass is 16.6. The number of anilines is 2. The SMILES string of the molecule is CCC(C)c1ccc(NC(=O)CCNc2ccccc2[N+](=O)[O-])cc1. The van der Waals surface area contributed by atoms with Gasteiger partial charge in [0.05, 0.1) is 4.92 Å². The van der Waals surface area contributed by atoms with Crippen molar-refractivity contribution in [2.24, 2.45) is 0 Å².